The van der Waals surface area contributed by atoms with Gasteiger partial charge in [0.05, 0.1) is 12.5 Å². The van der Waals surface area contributed by atoms with Crippen LogP contribution >= 0.6 is 0 Å². The number of hydrogen-bond donors (Lipinski definition) is 0. The van der Waals surface area contributed by atoms with Crippen LogP contribution in [0.1, 0.15) is 5.56 Å². The molecule has 0 bridgehead atoms. The van der Waals surface area contributed by atoms with Gasteiger partial charge in [0.2, 0.25) is 0 Å². The van der Waals surface area contributed by atoms with E-state index in [0.29, 0.717) is 10.9 Å². The first kappa shape index (κ1) is 18.7. The van der Waals surface area contributed by atoms with Crippen LogP contribution in [0.2, 0.25) is 0 Å². The molecule has 1 aromatic rings. The summed E-state index contributed by atoms with van der Waals surface area (Å²) in [4.78, 5) is 0. The van der Waals surface area contributed by atoms with Crippen LogP contribution in [-0.4, -0.2) is 37.7 Å². The first-order valence-corrected chi connectivity index (χ1v) is 13.1. The molecule has 0 amide bonds. The summed E-state index contributed by atoms with van der Waals surface area (Å²) >= 11 is -11.2. The van der Waals surface area contributed by atoms with Crippen molar-refractivity contribution in [1.29, 1.82) is 0 Å². The third kappa shape index (κ3) is 23.3. The van der Waals surface area contributed by atoms with Crippen LogP contribution in [0.3, 0.4) is 0 Å². The Balaban J connectivity index is 0.000000399. The quantitative estimate of drug-likeness (QED) is 0.381. The SMILES string of the molecule is C[S+](C)C/C=C/c1ccccc1.[F][Sb-]([F])([F])([F])([F])[F]. The maximum atomic E-state index is 9.93. The van der Waals surface area contributed by atoms with Crippen LogP contribution in [0.4, 0.5) is 16.9 Å². The number of hydrogen-bond acceptors (Lipinski definition) is 0. The van der Waals surface area contributed by atoms with Crippen LogP contribution in [0.25, 0.3) is 6.08 Å². The van der Waals surface area contributed by atoms with Crippen molar-refractivity contribution >= 4 is 36.4 Å². The van der Waals surface area contributed by atoms with Gasteiger partial charge in [0.15, 0.2) is 0 Å². The molecule has 0 saturated heterocycles. The van der Waals surface area contributed by atoms with Crippen molar-refractivity contribution in [3.05, 3.63) is 42.0 Å². The summed E-state index contributed by atoms with van der Waals surface area (Å²) in [5.74, 6) is 1.19. The van der Waals surface area contributed by atoms with Gasteiger partial charge in [0.25, 0.3) is 0 Å². The molecule has 0 fully saturated rings. The first-order chi connectivity index (χ1) is 8.24. The van der Waals surface area contributed by atoms with Gasteiger partial charge >= 0.3 is 36.4 Å². The van der Waals surface area contributed by atoms with Crippen molar-refractivity contribution in [1.82, 2.24) is 0 Å². The average Bonchev–Trinajstić information content (AvgIpc) is 2.13. The van der Waals surface area contributed by atoms with Crippen molar-refractivity contribution in [3.8, 4) is 0 Å². The zero-order valence-electron chi connectivity index (χ0n) is 10.4. The van der Waals surface area contributed by atoms with E-state index < -0.39 is 19.5 Å². The molecule has 1 rings (SSSR count). The third-order valence-electron chi connectivity index (χ3n) is 1.54. The summed E-state index contributed by atoms with van der Waals surface area (Å²) in [6.07, 6.45) is 8.95. The van der Waals surface area contributed by atoms with Crippen LogP contribution in [0.5, 0.6) is 0 Å². The summed E-state index contributed by atoms with van der Waals surface area (Å²) < 4.78 is 59.6. The van der Waals surface area contributed by atoms with Gasteiger partial charge in [-0.15, -0.1) is 0 Å². The Morgan fingerprint density at radius 3 is 1.74 bits per heavy atom. The van der Waals surface area contributed by atoms with Gasteiger partial charge < -0.3 is 0 Å². The molecule has 0 atom stereocenters. The number of benzene rings is 1. The Morgan fingerprint density at radius 2 is 1.37 bits per heavy atom. The molecule has 19 heavy (non-hydrogen) atoms. The van der Waals surface area contributed by atoms with Gasteiger partial charge in [-0.25, -0.2) is 0 Å². The van der Waals surface area contributed by atoms with Gasteiger partial charge in [-0.2, -0.15) is 0 Å². The predicted molar refractivity (Wildman–Crippen MR) is 72.0 cm³/mol. The Kier molecular flexibility index (Phi) is 5.91. The van der Waals surface area contributed by atoms with E-state index in [2.05, 4.69) is 48.9 Å². The first-order valence-electron chi connectivity index (χ1n) is 5.06. The predicted octanol–water partition coefficient (Wildman–Crippen LogP) is 4.72. The molecule has 1 aromatic carbocycles. The van der Waals surface area contributed by atoms with Gasteiger partial charge in [0, 0.05) is 0 Å². The molecule has 0 N–H and O–H groups in total. The molecule has 0 aliphatic heterocycles. The fourth-order valence-corrected chi connectivity index (χ4v) is 1.42. The molecule has 0 saturated carbocycles. The van der Waals surface area contributed by atoms with E-state index in [1.807, 2.05) is 6.07 Å². The standard InChI is InChI=1S/C11H15S.6FH.Sb/c1-12(2)10-6-9-11-7-4-3-5-8-11;;;;;;;/h3-9H,10H2,1-2H3;6*1H;/q+1;;;;;;;+5/p-6/b9-6+;;;;;;;. The van der Waals surface area contributed by atoms with E-state index in [4.69, 9.17) is 0 Å². The van der Waals surface area contributed by atoms with Crippen molar-refractivity contribution in [2.24, 2.45) is 0 Å². The molecule has 112 valence electrons. The summed E-state index contributed by atoms with van der Waals surface area (Å²) in [7, 11) is 0.524. The molecule has 0 spiro atoms. The maximum absolute atomic E-state index is 11.2. The summed E-state index contributed by atoms with van der Waals surface area (Å²) in [6.45, 7) is 0. The normalized spacial score (nSPS) is 15.6. The molecular weight excluding hydrogens is 400 g/mol. The molecule has 0 aromatic heterocycles. The Labute approximate surface area is 113 Å². The van der Waals surface area contributed by atoms with Gasteiger partial charge in [-0.3, -0.25) is 0 Å². The fourth-order valence-electron chi connectivity index (χ4n) is 0.941. The van der Waals surface area contributed by atoms with Crippen LogP contribution in [0.15, 0.2) is 36.4 Å². The molecule has 0 unspecified atom stereocenters. The molecule has 0 nitrogen and oxygen atoms in total. The monoisotopic (exact) mass is 414 g/mol. The molecular formula is C11H15F6SSb. The second kappa shape index (κ2) is 6.00. The molecule has 8 heteroatoms. The molecule has 0 aliphatic carbocycles. The fraction of sp³-hybridized carbons (Fsp3) is 0.273. The Hall–Kier alpha value is -0.292. The van der Waals surface area contributed by atoms with Gasteiger partial charge in [-0.05, 0) is 22.5 Å². The van der Waals surface area contributed by atoms with Crippen molar-refractivity contribution in [2.45, 2.75) is 0 Å². The summed E-state index contributed by atoms with van der Waals surface area (Å²) in [6, 6.07) is 10.4. The van der Waals surface area contributed by atoms with E-state index in [-0.39, 0.29) is 0 Å². The second-order valence-corrected chi connectivity index (χ2v) is 11.7. The summed E-state index contributed by atoms with van der Waals surface area (Å²) in [5.41, 5.74) is 1.29. The van der Waals surface area contributed by atoms with E-state index in [1.165, 1.54) is 11.3 Å². The zero-order chi connectivity index (χ0) is 15.2. The van der Waals surface area contributed by atoms with E-state index in [9.17, 15) is 16.9 Å². The number of halogens is 6. The summed E-state index contributed by atoms with van der Waals surface area (Å²) in [5, 5.41) is 0. The Bertz CT molecular complexity index is 397. The molecule has 0 aliphatic rings. The van der Waals surface area contributed by atoms with E-state index >= 15 is 0 Å². The van der Waals surface area contributed by atoms with E-state index in [0.717, 1.165) is 0 Å². The molecule has 0 radical (unpaired) electrons. The zero-order valence-corrected chi connectivity index (χ0v) is 13.7. The van der Waals surface area contributed by atoms with Crippen LogP contribution in [0, 0.1) is 0 Å². The van der Waals surface area contributed by atoms with Crippen LogP contribution < -0.4 is 0 Å². The van der Waals surface area contributed by atoms with Crippen molar-refractivity contribution < 1.29 is 16.9 Å². The third-order valence-corrected chi connectivity index (χ3v) is 2.40. The van der Waals surface area contributed by atoms with Crippen molar-refractivity contribution in [2.75, 3.05) is 18.3 Å². The minimum atomic E-state index is -11.2. The van der Waals surface area contributed by atoms with Gasteiger partial charge in [-0.1, -0.05) is 36.4 Å². The Morgan fingerprint density at radius 1 is 0.947 bits per heavy atom. The van der Waals surface area contributed by atoms with Crippen LogP contribution in [-0.2, 0) is 10.9 Å². The average molecular weight is 415 g/mol. The number of rotatable bonds is 3. The second-order valence-electron chi connectivity index (χ2n) is 3.92. The minimum absolute atomic E-state index is 0.524. The topological polar surface area (TPSA) is 0 Å². The van der Waals surface area contributed by atoms with Gasteiger partial charge in [0.1, 0.15) is 5.75 Å². The molecule has 0 heterocycles. The van der Waals surface area contributed by atoms with Crippen molar-refractivity contribution in [3.63, 3.8) is 0 Å². The van der Waals surface area contributed by atoms with E-state index in [1.54, 1.807) is 0 Å².